The van der Waals surface area contributed by atoms with Crippen LogP contribution in [0.15, 0.2) is 67.0 Å². The molecule has 0 aliphatic carbocycles. The SMILES string of the molecule is O=C(Nc1ccc(Oc2ncccn2)cc1)c1sc2ccccc2c1Cl. The summed E-state index contributed by atoms with van der Waals surface area (Å²) in [6.07, 6.45) is 3.21. The van der Waals surface area contributed by atoms with Gasteiger partial charge in [-0.05, 0) is 36.4 Å². The third-order valence-electron chi connectivity index (χ3n) is 3.60. The van der Waals surface area contributed by atoms with Crippen LogP contribution in [0.3, 0.4) is 0 Å². The lowest BCUT2D eigenvalue weighted by Crippen LogP contribution is -2.10. The van der Waals surface area contributed by atoms with Crippen LogP contribution in [0.1, 0.15) is 9.67 Å². The number of halogens is 1. The standard InChI is InChI=1S/C19H12ClN3O2S/c20-16-14-4-1-2-5-15(14)26-17(16)18(24)23-12-6-8-13(9-7-12)25-19-21-10-3-11-22-19/h1-11H,(H,23,24). The zero-order chi connectivity index (χ0) is 17.9. The van der Waals surface area contributed by atoms with Crippen LogP contribution in [-0.4, -0.2) is 15.9 Å². The van der Waals surface area contributed by atoms with E-state index in [1.807, 2.05) is 24.3 Å². The summed E-state index contributed by atoms with van der Waals surface area (Å²) < 4.78 is 6.51. The molecule has 1 amide bonds. The van der Waals surface area contributed by atoms with E-state index < -0.39 is 0 Å². The topological polar surface area (TPSA) is 64.1 Å². The van der Waals surface area contributed by atoms with Crippen LogP contribution in [0.25, 0.3) is 10.1 Å². The first-order chi connectivity index (χ1) is 12.7. The number of aromatic nitrogens is 2. The molecule has 0 aliphatic rings. The molecular weight excluding hydrogens is 370 g/mol. The van der Waals surface area contributed by atoms with Crippen molar-refractivity contribution in [3.05, 3.63) is 76.9 Å². The predicted octanol–water partition coefficient (Wildman–Crippen LogP) is 5.39. The van der Waals surface area contributed by atoms with Gasteiger partial charge in [0.15, 0.2) is 0 Å². The molecule has 7 heteroatoms. The average Bonchev–Trinajstić information content (AvgIpc) is 3.01. The average molecular weight is 382 g/mol. The Morgan fingerprint density at radius 1 is 1.00 bits per heavy atom. The number of ether oxygens (including phenoxy) is 1. The Morgan fingerprint density at radius 3 is 2.46 bits per heavy atom. The van der Waals surface area contributed by atoms with Gasteiger partial charge in [0.1, 0.15) is 10.6 Å². The van der Waals surface area contributed by atoms with Gasteiger partial charge in [-0.3, -0.25) is 4.79 Å². The molecule has 4 aromatic rings. The van der Waals surface area contributed by atoms with Crippen LogP contribution in [0.4, 0.5) is 5.69 Å². The normalized spacial score (nSPS) is 10.7. The molecule has 0 saturated carbocycles. The molecule has 0 saturated heterocycles. The van der Waals surface area contributed by atoms with Crippen molar-refractivity contribution in [2.45, 2.75) is 0 Å². The fourth-order valence-electron chi connectivity index (χ4n) is 2.40. The van der Waals surface area contributed by atoms with Crippen molar-refractivity contribution in [1.82, 2.24) is 9.97 Å². The molecule has 0 radical (unpaired) electrons. The maximum atomic E-state index is 12.5. The minimum atomic E-state index is -0.240. The van der Waals surface area contributed by atoms with Gasteiger partial charge in [0.05, 0.1) is 5.02 Å². The Morgan fingerprint density at radius 2 is 1.73 bits per heavy atom. The molecular formula is C19H12ClN3O2S. The Balaban J connectivity index is 1.49. The summed E-state index contributed by atoms with van der Waals surface area (Å²) in [5.74, 6) is 0.338. The van der Waals surface area contributed by atoms with Crippen molar-refractivity contribution in [3.8, 4) is 11.8 Å². The van der Waals surface area contributed by atoms with E-state index in [9.17, 15) is 4.79 Å². The van der Waals surface area contributed by atoms with Crippen molar-refractivity contribution in [2.75, 3.05) is 5.32 Å². The minimum absolute atomic E-state index is 0.240. The number of rotatable bonds is 4. The molecule has 0 aliphatic heterocycles. The number of amides is 1. The quantitative estimate of drug-likeness (QED) is 0.514. The molecule has 26 heavy (non-hydrogen) atoms. The lowest BCUT2D eigenvalue weighted by atomic mass is 10.2. The van der Waals surface area contributed by atoms with Gasteiger partial charge < -0.3 is 10.1 Å². The van der Waals surface area contributed by atoms with E-state index in [0.717, 1.165) is 10.1 Å². The number of hydrogen-bond donors (Lipinski definition) is 1. The van der Waals surface area contributed by atoms with Crippen LogP contribution in [0.5, 0.6) is 11.8 Å². The summed E-state index contributed by atoms with van der Waals surface area (Å²) in [4.78, 5) is 21.0. The third kappa shape index (κ3) is 3.37. The summed E-state index contributed by atoms with van der Waals surface area (Å²) in [6, 6.07) is 16.6. The van der Waals surface area contributed by atoms with Gasteiger partial charge in [-0.2, -0.15) is 0 Å². The van der Waals surface area contributed by atoms with Crippen LogP contribution >= 0.6 is 22.9 Å². The number of hydrogen-bond acceptors (Lipinski definition) is 5. The fraction of sp³-hybridized carbons (Fsp3) is 0. The number of fused-ring (bicyclic) bond motifs is 1. The van der Waals surface area contributed by atoms with Gasteiger partial charge in [0, 0.05) is 28.2 Å². The van der Waals surface area contributed by atoms with E-state index in [1.54, 1.807) is 42.7 Å². The Kier molecular flexibility index (Phi) is 4.51. The second kappa shape index (κ2) is 7.11. The number of anilines is 1. The van der Waals surface area contributed by atoms with Gasteiger partial charge >= 0.3 is 6.01 Å². The molecule has 0 bridgehead atoms. The van der Waals surface area contributed by atoms with E-state index in [2.05, 4.69) is 15.3 Å². The highest BCUT2D eigenvalue weighted by molar-refractivity contribution is 7.21. The van der Waals surface area contributed by atoms with E-state index in [0.29, 0.717) is 21.3 Å². The Labute approximate surface area is 158 Å². The predicted molar refractivity (Wildman–Crippen MR) is 103 cm³/mol. The van der Waals surface area contributed by atoms with Crippen molar-refractivity contribution < 1.29 is 9.53 Å². The molecule has 2 aromatic carbocycles. The first-order valence-electron chi connectivity index (χ1n) is 7.74. The van der Waals surface area contributed by atoms with Crippen LogP contribution in [0, 0.1) is 0 Å². The number of nitrogens with zero attached hydrogens (tertiary/aromatic N) is 2. The number of carbonyl (C=O) groups excluding carboxylic acids is 1. The summed E-state index contributed by atoms with van der Waals surface area (Å²) in [5.41, 5.74) is 0.643. The molecule has 0 atom stereocenters. The second-order valence-electron chi connectivity index (χ2n) is 5.35. The Bertz CT molecular complexity index is 1070. The number of benzene rings is 2. The first-order valence-corrected chi connectivity index (χ1v) is 8.93. The van der Waals surface area contributed by atoms with Gasteiger partial charge in [-0.25, -0.2) is 9.97 Å². The molecule has 0 unspecified atom stereocenters. The zero-order valence-corrected chi connectivity index (χ0v) is 14.9. The van der Waals surface area contributed by atoms with Gasteiger partial charge in [0.25, 0.3) is 5.91 Å². The first kappa shape index (κ1) is 16.5. The lowest BCUT2D eigenvalue weighted by molar-refractivity contribution is 0.103. The van der Waals surface area contributed by atoms with Crippen molar-refractivity contribution in [3.63, 3.8) is 0 Å². The molecule has 2 aromatic heterocycles. The van der Waals surface area contributed by atoms with E-state index in [4.69, 9.17) is 16.3 Å². The van der Waals surface area contributed by atoms with E-state index in [-0.39, 0.29) is 11.9 Å². The molecule has 0 fully saturated rings. The molecule has 128 valence electrons. The van der Waals surface area contributed by atoms with Gasteiger partial charge in [-0.15, -0.1) is 11.3 Å². The Hall–Kier alpha value is -2.96. The van der Waals surface area contributed by atoms with E-state index in [1.165, 1.54) is 11.3 Å². The zero-order valence-electron chi connectivity index (χ0n) is 13.3. The summed E-state index contributed by atoms with van der Waals surface area (Å²) >= 11 is 7.72. The van der Waals surface area contributed by atoms with Crippen LogP contribution in [0.2, 0.25) is 5.02 Å². The summed E-state index contributed by atoms with van der Waals surface area (Å²) in [5, 5.41) is 4.21. The van der Waals surface area contributed by atoms with Crippen molar-refractivity contribution >= 4 is 44.6 Å². The highest BCUT2D eigenvalue weighted by atomic mass is 35.5. The second-order valence-corrected chi connectivity index (χ2v) is 6.78. The van der Waals surface area contributed by atoms with Gasteiger partial charge in [-0.1, -0.05) is 29.8 Å². The maximum absolute atomic E-state index is 12.5. The largest absolute Gasteiger partial charge is 0.424 e. The fourth-order valence-corrected chi connectivity index (χ4v) is 3.81. The van der Waals surface area contributed by atoms with Crippen LogP contribution < -0.4 is 10.1 Å². The van der Waals surface area contributed by atoms with Gasteiger partial charge in [0.2, 0.25) is 0 Å². The van der Waals surface area contributed by atoms with Crippen LogP contribution in [-0.2, 0) is 0 Å². The molecule has 4 rings (SSSR count). The summed E-state index contributed by atoms with van der Waals surface area (Å²) in [6.45, 7) is 0. The maximum Gasteiger partial charge on any atom is 0.321 e. The minimum Gasteiger partial charge on any atom is -0.424 e. The smallest absolute Gasteiger partial charge is 0.321 e. The molecule has 5 nitrogen and oxygen atoms in total. The molecule has 0 spiro atoms. The lowest BCUT2D eigenvalue weighted by Gasteiger charge is -2.06. The monoisotopic (exact) mass is 381 g/mol. The highest BCUT2D eigenvalue weighted by Gasteiger charge is 2.17. The number of thiophene rings is 1. The van der Waals surface area contributed by atoms with Crippen molar-refractivity contribution in [1.29, 1.82) is 0 Å². The number of nitrogens with one attached hydrogen (secondary N) is 1. The molecule has 1 N–H and O–H groups in total. The third-order valence-corrected chi connectivity index (χ3v) is 5.28. The number of carbonyl (C=O) groups is 1. The summed E-state index contributed by atoms with van der Waals surface area (Å²) in [7, 11) is 0. The highest BCUT2D eigenvalue weighted by Crippen LogP contribution is 2.35. The molecule has 2 heterocycles. The van der Waals surface area contributed by atoms with E-state index >= 15 is 0 Å². The van der Waals surface area contributed by atoms with Crippen molar-refractivity contribution in [2.24, 2.45) is 0 Å².